The molecule has 2 aromatic rings. The molecule has 2 N–H and O–H groups in total. The van der Waals surface area contributed by atoms with E-state index in [0.29, 0.717) is 20.7 Å². The van der Waals surface area contributed by atoms with Crippen molar-refractivity contribution in [3.8, 4) is 0 Å². The van der Waals surface area contributed by atoms with E-state index in [1.165, 1.54) is 6.07 Å². The van der Waals surface area contributed by atoms with Gasteiger partial charge in [0.05, 0.1) is 28.1 Å². The molecule has 1 atom stereocenters. The van der Waals surface area contributed by atoms with Gasteiger partial charge in [-0.2, -0.15) is 0 Å². The van der Waals surface area contributed by atoms with E-state index in [4.69, 9.17) is 27.9 Å². The summed E-state index contributed by atoms with van der Waals surface area (Å²) >= 11 is 15.4. The number of anilines is 1. The lowest BCUT2D eigenvalue weighted by Crippen LogP contribution is -2.43. The van der Waals surface area contributed by atoms with Gasteiger partial charge in [0.15, 0.2) is 6.61 Å². The van der Waals surface area contributed by atoms with Crippen LogP contribution < -0.4 is 10.7 Å². The first kappa shape index (κ1) is 24.0. The van der Waals surface area contributed by atoms with E-state index in [9.17, 15) is 19.2 Å². The van der Waals surface area contributed by atoms with E-state index in [1.807, 2.05) is 0 Å². The third kappa shape index (κ3) is 5.59. The Morgan fingerprint density at radius 3 is 2.62 bits per heavy atom. The number of carbonyl (C=O) groups is 4. The minimum absolute atomic E-state index is 0.0725. The summed E-state index contributed by atoms with van der Waals surface area (Å²) in [6.45, 7) is 1.14. The zero-order valence-electron chi connectivity index (χ0n) is 16.8. The Bertz CT molecular complexity index is 1100. The molecule has 0 unspecified atom stereocenters. The summed E-state index contributed by atoms with van der Waals surface area (Å²) in [5.41, 5.74) is 3.79. The second-order valence-electron chi connectivity index (χ2n) is 7.02. The standard InChI is InChI=1S/C21H18BrCl2N3O5/c1-11-16(7-6-14(22)19(11)24)25-17(28)10-32-21(31)12-8-18(29)27(9-12)26-20(30)13-4-2-3-5-15(13)23/h2-7,12H,8-10H2,1H3,(H,25,28)(H,26,30)/t12-/m1/s1. The van der Waals surface area contributed by atoms with Gasteiger partial charge in [-0.25, -0.2) is 0 Å². The Kier molecular flexibility index (Phi) is 7.76. The van der Waals surface area contributed by atoms with Crippen molar-refractivity contribution < 1.29 is 23.9 Å². The average Bonchev–Trinajstić information content (AvgIpc) is 3.13. The van der Waals surface area contributed by atoms with E-state index in [0.717, 1.165) is 5.01 Å². The highest BCUT2D eigenvalue weighted by Gasteiger charge is 2.37. The summed E-state index contributed by atoms with van der Waals surface area (Å²) in [6.07, 6.45) is -0.148. The fourth-order valence-electron chi connectivity index (χ4n) is 3.03. The highest BCUT2D eigenvalue weighted by molar-refractivity contribution is 9.10. The number of nitrogens with one attached hydrogen (secondary N) is 2. The first-order valence-corrected chi connectivity index (χ1v) is 11.0. The van der Waals surface area contributed by atoms with E-state index < -0.39 is 36.2 Å². The summed E-state index contributed by atoms with van der Waals surface area (Å²) in [5, 5.41) is 4.37. The monoisotopic (exact) mass is 541 g/mol. The van der Waals surface area contributed by atoms with E-state index >= 15 is 0 Å². The van der Waals surface area contributed by atoms with Crippen LogP contribution in [0.25, 0.3) is 0 Å². The number of hydrazine groups is 1. The molecule has 8 nitrogen and oxygen atoms in total. The van der Waals surface area contributed by atoms with Crippen molar-refractivity contribution in [2.45, 2.75) is 13.3 Å². The van der Waals surface area contributed by atoms with Crippen LogP contribution in [-0.4, -0.2) is 41.9 Å². The Balaban J connectivity index is 1.51. The van der Waals surface area contributed by atoms with Crippen molar-refractivity contribution in [1.29, 1.82) is 0 Å². The van der Waals surface area contributed by atoms with Crippen LogP contribution in [-0.2, 0) is 19.1 Å². The summed E-state index contributed by atoms with van der Waals surface area (Å²) in [6, 6.07) is 9.74. The van der Waals surface area contributed by atoms with Crippen LogP contribution in [0.2, 0.25) is 10.0 Å². The topological polar surface area (TPSA) is 105 Å². The van der Waals surface area contributed by atoms with Gasteiger partial charge in [0.2, 0.25) is 5.91 Å². The SMILES string of the molecule is Cc1c(NC(=O)COC(=O)[C@@H]2CC(=O)N(NC(=O)c3ccccc3Cl)C2)ccc(Br)c1Cl. The number of esters is 1. The minimum atomic E-state index is -0.814. The van der Waals surface area contributed by atoms with Crippen molar-refractivity contribution in [3.63, 3.8) is 0 Å². The van der Waals surface area contributed by atoms with Crippen LogP contribution in [0, 0.1) is 12.8 Å². The van der Waals surface area contributed by atoms with E-state index in [-0.39, 0.29) is 23.6 Å². The quantitative estimate of drug-likeness (QED) is 0.541. The highest BCUT2D eigenvalue weighted by Crippen LogP contribution is 2.31. The average molecular weight is 543 g/mol. The van der Waals surface area contributed by atoms with Gasteiger partial charge < -0.3 is 10.1 Å². The fourth-order valence-corrected chi connectivity index (χ4v) is 3.85. The smallest absolute Gasteiger partial charge is 0.311 e. The number of halogens is 3. The van der Waals surface area contributed by atoms with Crippen LogP contribution in [0.3, 0.4) is 0 Å². The number of hydrogen-bond acceptors (Lipinski definition) is 5. The molecule has 0 radical (unpaired) electrons. The maximum Gasteiger partial charge on any atom is 0.311 e. The molecule has 32 heavy (non-hydrogen) atoms. The van der Waals surface area contributed by atoms with Crippen molar-refractivity contribution in [2.24, 2.45) is 5.92 Å². The summed E-state index contributed by atoms with van der Waals surface area (Å²) in [5.74, 6) is -3.09. The van der Waals surface area contributed by atoms with E-state index in [2.05, 4.69) is 26.7 Å². The maximum absolute atomic E-state index is 12.3. The number of hydrogen-bond donors (Lipinski definition) is 2. The molecule has 0 aliphatic carbocycles. The minimum Gasteiger partial charge on any atom is -0.455 e. The molecule has 3 amide bonds. The molecular formula is C21H18BrCl2N3O5. The molecule has 1 aliphatic rings. The molecule has 168 valence electrons. The van der Waals surface area contributed by atoms with Gasteiger partial charge in [-0.3, -0.25) is 29.6 Å². The molecule has 1 saturated heterocycles. The summed E-state index contributed by atoms with van der Waals surface area (Å²) in [4.78, 5) is 49.0. The van der Waals surface area contributed by atoms with Gasteiger partial charge in [-0.05, 0) is 52.7 Å². The molecule has 0 spiro atoms. The van der Waals surface area contributed by atoms with Gasteiger partial charge >= 0.3 is 5.97 Å². The molecule has 11 heteroatoms. The Hall–Kier alpha value is -2.62. The second kappa shape index (κ2) is 10.3. The molecule has 0 bridgehead atoms. The number of nitrogens with zero attached hydrogens (tertiary/aromatic N) is 1. The lowest BCUT2D eigenvalue weighted by Gasteiger charge is -2.18. The predicted molar refractivity (Wildman–Crippen MR) is 122 cm³/mol. The molecule has 1 fully saturated rings. The first-order valence-electron chi connectivity index (χ1n) is 9.44. The fraction of sp³-hybridized carbons (Fsp3) is 0.238. The van der Waals surface area contributed by atoms with Gasteiger partial charge in [0.1, 0.15) is 0 Å². The number of ether oxygens (including phenoxy) is 1. The third-order valence-corrected chi connectivity index (χ3v) is 6.48. The Morgan fingerprint density at radius 1 is 1.19 bits per heavy atom. The van der Waals surface area contributed by atoms with E-state index in [1.54, 1.807) is 37.3 Å². The number of rotatable bonds is 6. The van der Waals surface area contributed by atoms with Crippen LogP contribution >= 0.6 is 39.1 Å². The van der Waals surface area contributed by atoms with Crippen LogP contribution in [0.5, 0.6) is 0 Å². The number of carbonyl (C=O) groups excluding carboxylic acids is 4. The predicted octanol–water partition coefficient (Wildman–Crippen LogP) is 3.74. The van der Waals surface area contributed by atoms with Gasteiger partial charge in [0.25, 0.3) is 11.8 Å². The zero-order chi connectivity index (χ0) is 23.4. The molecule has 0 aromatic heterocycles. The van der Waals surface area contributed by atoms with Gasteiger partial charge in [-0.1, -0.05) is 35.3 Å². The molecule has 1 aliphatic heterocycles. The van der Waals surface area contributed by atoms with Crippen molar-refractivity contribution in [2.75, 3.05) is 18.5 Å². The second-order valence-corrected chi connectivity index (χ2v) is 8.66. The summed E-state index contributed by atoms with van der Waals surface area (Å²) < 4.78 is 5.75. The third-order valence-electron chi connectivity index (χ3n) is 4.77. The largest absolute Gasteiger partial charge is 0.455 e. The molecule has 3 rings (SSSR count). The van der Waals surface area contributed by atoms with Crippen LogP contribution in [0.1, 0.15) is 22.3 Å². The van der Waals surface area contributed by atoms with Crippen molar-refractivity contribution in [3.05, 3.63) is 62.0 Å². The molecule has 1 heterocycles. The highest BCUT2D eigenvalue weighted by atomic mass is 79.9. The van der Waals surface area contributed by atoms with Gasteiger partial charge in [0, 0.05) is 16.6 Å². The van der Waals surface area contributed by atoms with Gasteiger partial charge in [-0.15, -0.1) is 0 Å². The normalized spacial score (nSPS) is 15.4. The molecular weight excluding hydrogens is 525 g/mol. The molecule has 2 aromatic carbocycles. The zero-order valence-corrected chi connectivity index (χ0v) is 19.9. The first-order chi connectivity index (χ1) is 15.2. The number of amides is 3. The number of benzene rings is 2. The van der Waals surface area contributed by atoms with Crippen LogP contribution in [0.15, 0.2) is 40.9 Å². The van der Waals surface area contributed by atoms with Crippen molar-refractivity contribution >= 4 is 68.5 Å². The lowest BCUT2D eigenvalue weighted by molar-refractivity contribution is -0.151. The molecule has 0 saturated carbocycles. The Morgan fingerprint density at radius 2 is 1.91 bits per heavy atom. The van der Waals surface area contributed by atoms with Crippen LogP contribution in [0.4, 0.5) is 5.69 Å². The summed E-state index contributed by atoms with van der Waals surface area (Å²) in [7, 11) is 0. The van der Waals surface area contributed by atoms with Crippen molar-refractivity contribution in [1.82, 2.24) is 10.4 Å². The lowest BCUT2D eigenvalue weighted by atomic mass is 10.1. The maximum atomic E-state index is 12.3. The Labute approximate surface area is 202 Å².